The molecule has 2 saturated heterocycles. The lowest BCUT2D eigenvalue weighted by Crippen LogP contribution is -2.51. The van der Waals surface area contributed by atoms with Gasteiger partial charge in [0.05, 0.1) is 13.2 Å². The van der Waals surface area contributed by atoms with Crippen LogP contribution in [0.1, 0.15) is 18.4 Å². The van der Waals surface area contributed by atoms with Crippen LogP contribution in [0, 0.1) is 0 Å². The molecule has 5 heteroatoms. The molecule has 2 fully saturated rings. The number of likely N-dealkylation sites (tertiary alicyclic amines) is 1. The highest BCUT2D eigenvalue weighted by Crippen LogP contribution is 2.32. The van der Waals surface area contributed by atoms with E-state index in [0.29, 0.717) is 26.3 Å². The quantitative estimate of drug-likeness (QED) is 0.848. The van der Waals surface area contributed by atoms with Gasteiger partial charge < -0.3 is 19.7 Å². The van der Waals surface area contributed by atoms with Crippen LogP contribution in [-0.4, -0.2) is 48.9 Å². The summed E-state index contributed by atoms with van der Waals surface area (Å²) in [5.74, 6) is -0.220. The minimum atomic E-state index is -0.414. The van der Waals surface area contributed by atoms with Crippen LogP contribution in [-0.2, 0) is 20.7 Å². The summed E-state index contributed by atoms with van der Waals surface area (Å²) >= 11 is 0. The molecular weight excluding hydrogens is 268 g/mol. The number of nitrogens with one attached hydrogen (secondary N) is 1. The Morgan fingerprint density at radius 2 is 1.90 bits per heavy atom. The van der Waals surface area contributed by atoms with E-state index in [2.05, 4.69) is 11.4 Å². The van der Waals surface area contributed by atoms with Crippen molar-refractivity contribution in [2.75, 3.05) is 31.6 Å². The highest BCUT2D eigenvalue weighted by Gasteiger charge is 2.42. The molecule has 21 heavy (non-hydrogen) atoms. The maximum absolute atomic E-state index is 12.7. The van der Waals surface area contributed by atoms with Gasteiger partial charge in [0.1, 0.15) is 6.04 Å². The third-order valence-corrected chi connectivity index (χ3v) is 4.72. The summed E-state index contributed by atoms with van der Waals surface area (Å²) in [4.78, 5) is 14.6. The van der Waals surface area contributed by atoms with Gasteiger partial charge in [0.15, 0.2) is 5.79 Å². The van der Waals surface area contributed by atoms with E-state index in [-0.39, 0.29) is 11.9 Å². The van der Waals surface area contributed by atoms with Crippen molar-refractivity contribution < 1.29 is 14.3 Å². The Hall–Kier alpha value is -1.59. The van der Waals surface area contributed by atoms with Gasteiger partial charge in [-0.25, -0.2) is 0 Å². The number of fused-ring (bicyclic) bond motifs is 1. The predicted octanol–water partition coefficient (Wildman–Crippen LogP) is 1.39. The van der Waals surface area contributed by atoms with Crippen molar-refractivity contribution in [3.05, 3.63) is 29.8 Å². The van der Waals surface area contributed by atoms with Crippen molar-refractivity contribution in [3.63, 3.8) is 0 Å². The Labute approximate surface area is 124 Å². The lowest BCUT2D eigenvalue weighted by atomic mass is 10.0. The molecule has 3 aliphatic heterocycles. The molecule has 1 aromatic rings. The maximum atomic E-state index is 12.7. The number of para-hydroxylation sites is 1. The largest absolute Gasteiger partial charge is 0.373 e. The average molecular weight is 288 g/mol. The van der Waals surface area contributed by atoms with Crippen LogP contribution in [0.2, 0.25) is 0 Å². The summed E-state index contributed by atoms with van der Waals surface area (Å²) in [7, 11) is 0. The van der Waals surface area contributed by atoms with Gasteiger partial charge in [-0.3, -0.25) is 4.79 Å². The van der Waals surface area contributed by atoms with E-state index >= 15 is 0 Å². The SMILES string of the molecule is O=C(C1Cc2ccccc2N1)N1CCC2(CC1)OCCO2. The lowest BCUT2D eigenvalue weighted by molar-refractivity contribution is -0.187. The summed E-state index contributed by atoms with van der Waals surface area (Å²) in [5.41, 5.74) is 2.32. The predicted molar refractivity (Wildman–Crippen MR) is 78.0 cm³/mol. The van der Waals surface area contributed by atoms with Crippen LogP contribution in [0.3, 0.4) is 0 Å². The average Bonchev–Trinajstić information content (AvgIpc) is 3.14. The van der Waals surface area contributed by atoms with Gasteiger partial charge in [-0.05, 0) is 11.6 Å². The van der Waals surface area contributed by atoms with Crippen LogP contribution >= 0.6 is 0 Å². The zero-order valence-corrected chi connectivity index (χ0v) is 12.0. The van der Waals surface area contributed by atoms with Crippen LogP contribution in [0.15, 0.2) is 24.3 Å². The molecule has 112 valence electrons. The standard InChI is InChI=1S/C16H20N2O3/c19-15(14-11-12-3-1-2-4-13(12)17-14)18-7-5-16(6-8-18)20-9-10-21-16/h1-4,14,17H,5-11H2. The molecular formula is C16H20N2O3. The van der Waals surface area contributed by atoms with E-state index in [4.69, 9.17) is 9.47 Å². The second-order valence-corrected chi connectivity index (χ2v) is 5.99. The van der Waals surface area contributed by atoms with Crippen LogP contribution in [0.4, 0.5) is 5.69 Å². The van der Waals surface area contributed by atoms with Gasteiger partial charge in [0.25, 0.3) is 0 Å². The molecule has 1 unspecified atom stereocenters. The van der Waals surface area contributed by atoms with Crippen molar-refractivity contribution in [3.8, 4) is 0 Å². The number of ether oxygens (including phenoxy) is 2. The second-order valence-electron chi connectivity index (χ2n) is 5.99. The van der Waals surface area contributed by atoms with Gasteiger partial charge in [0, 0.05) is 38.0 Å². The summed E-state index contributed by atoms with van der Waals surface area (Å²) < 4.78 is 11.4. The molecule has 1 spiro atoms. The van der Waals surface area contributed by atoms with E-state index in [9.17, 15) is 4.79 Å². The summed E-state index contributed by atoms with van der Waals surface area (Å²) in [5, 5.41) is 3.34. The van der Waals surface area contributed by atoms with E-state index < -0.39 is 5.79 Å². The lowest BCUT2D eigenvalue weighted by Gasteiger charge is -2.38. The number of nitrogens with zero attached hydrogens (tertiary/aromatic N) is 1. The first-order chi connectivity index (χ1) is 10.3. The molecule has 0 bridgehead atoms. The van der Waals surface area contributed by atoms with Gasteiger partial charge in [-0.1, -0.05) is 18.2 Å². The number of anilines is 1. The van der Waals surface area contributed by atoms with Crippen molar-refractivity contribution in [1.29, 1.82) is 0 Å². The molecule has 3 aliphatic rings. The number of amides is 1. The number of carbonyl (C=O) groups is 1. The van der Waals surface area contributed by atoms with Crippen molar-refractivity contribution in [1.82, 2.24) is 4.90 Å². The number of hydrogen-bond donors (Lipinski definition) is 1. The molecule has 5 nitrogen and oxygen atoms in total. The molecule has 0 radical (unpaired) electrons. The third kappa shape index (κ3) is 2.30. The Morgan fingerprint density at radius 1 is 1.19 bits per heavy atom. The summed E-state index contributed by atoms with van der Waals surface area (Å²) in [6.07, 6.45) is 2.33. The van der Waals surface area contributed by atoms with E-state index in [1.54, 1.807) is 0 Å². The molecule has 1 N–H and O–H groups in total. The first-order valence-electron chi connectivity index (χ1n) is 7.67. The third-order valence-electron chi connectivity index (χ3n) is 4.72. The minimum absolute atomic E-state index is 0.123. The van der Waals surface area contributed by atoms with Crippen molar-refractivity contribution in [2.24, 2.45) is 0 Å². The zero-order valence-electron chi connectivity index (χ0n) is 12.0. The molecule has 0 aliphatic carbocycles. The number of hydrogen-bond acceptors (Lipinski definition) is 4. The highest BCUT2D eigenvalue weighted by atomic mass is 16.7. The van der Waals surface area contributed by atoms with Crippen LogP contribution in [0.5, 0.6) is 0 Å². The van der Waals surface area contributed by atoms with Gasteiger partial charge in [0.2, 0.25) is 5.91 Å². The van der Waals surface area contributed by atoms with Crippen molar-refractivity contribution in [2.45, 2.75) is 31.1 Å². The molecule has 0 aromatic heterocycles. The molecule has 1 aromatic carbocycles. The Kier molecular flexibility index (Phi) is 3.12. The zero-order chi connectivity index (χ0) is 14.3. The van der Waals surface area contributed by atoms with Crippen LogP contribution in [0.25, 0.3) is 0 Å². The van der Waals surface area contributed by atoms with E-state index in [0.717, 1.165) is 24.9 Å². The summed E-state index contributed by atoms with van der Waals surface area (Å²) in [6, 6.07) is 8.02. The first-order valence-corrected chi connectivity index (χ1v) is 7.67. The Bertz CT molecular complexity index is 519. The second kappa shape index (κ2) is 5.00. The molecule has 0 saturated carbocycles. The molecule has 4 rings (SSSR count). The molecule has 3 heterocycles. The van der Waals surface area contributed by atoms with Gasteiger partial charge >= 0.3 is 0 Å². The van der Waals surface area contributed by atoms with Gasteiger partial charge in [-0.2, -0.15) is 0 Å². The molecule has 1 atom stereocenters. The number of benzene rings is 1. The van der Waals surface area contributed by atoms with E-state index in [1.807, 2.05) is 23.1 Å². The van der Waals surface area contributed by atoms with Gasteiger partial charge in [-0.15, -0.1) is 0 Å². The fourth-order valence-electron chi connectivity index (χ4n) is 3.52. The smallest absolute Gasteiger partial charge is 0.245 e. The minimum Gasteiger partial charge on any atom is -0.373 e. The fourth-order valence-corrected chi connectivity index (χ4v) is 3.52. The summed E-state index contributed by atoms with van der Waals surface area (Å²) in [6.45, 7) is 2.78. The number of rotatable bonds is 1. The first kappa shape index (κ1) is 13.1. The number of piperidine rings is 1. The highest BCUT2D eigenvalue weighted by molar-refractivity contribution is 5.87. The van der Waals surface area contributed by atoms with Crippen LogP contribution < -0.4 is 5.32 Å². The Morgan fingerprint density at radius 3 is 2.62 bits per heavy atom. The number of carbonyl (C=O) groups excluding carboxylic acids is 1. The normalized spacial score (nSPS) is 26.7. The maximum Gasteiger partial charge on any atom is 0.245 e. The Balaban J connectivity index is 1.39. The van der Waals surface area contributed by atoms with E-state index in [1.165, 1.54) is 5.56 Å². The topological polar surface area (TPSA) is 50.8 Å². The molecule has 1 amide bonds. The monoisotopic (exact) mass is 288 g/mol. The van der Waals surface area contributed by atoms with Crippen molar-refractivity contribution >= 4 is 11.6 Å². The fraction of sp³-hybridized carbons (Fsp3) is 0.562.